The third-order valence-corrected chi connectivity index (χ3v) is 3.44. The van der Waals surface area contributed by atoms with Crippen molar-refractivity contribution in [2.45, 2.75) is 25.7 Å². The van der Waals surface area contributed by atoms with Crippen molar-refractivity contribution in [1.29, 1.82) is 0 Å². The highest BCUT2D eigenvalue weighted by Crippen LogP contribution is 2.08. The van der Waals surface area contributed by atoms with E-state index in [9.17, 15) is 14.4 Å². The summed E-state index contributed by atoms with van der Waals surface area (Å²) in [6.45, 7) is 4.79. The van der Waals surface area contributed by atoms with Gasteiger partial charge < -0.3 is 15.1 Å². The van der Waals surface area contributed by atoms with E-state index >= 15 is 0 Å². The highest BCUT2D eigenvalue weighted by molar-refractivity contribution is 5.89. The Morgan fingerprint density at radius 2 is 1.52 bits per heavy atom. The van der Waals surface area contributed by atoms with Crippen molar-refractivity contribution in [3.63, 3.8) is 0 Å². The summed E-state index contributed by atoms with van der Waals surface area (Å²) in [4.78, 5) is 34.6. The summed E-state index contributed by atoms with van der Waals surface area (Å²) in [7, 11) is 0. The molecule has 2 N–H and O–H groups in total. The zero-order valence-electron chi connectivity index (χ0n) is 13.0. The van der Waals surface area contributed by atoms with Crippen molar-refractivity contribution >= 4 is 17.8 Å². The van der Waals surface area contributed by atoms with E-state index in [0.717, 1.165) is 19.5 Å². The third kappa shape index (κ3) is 8.63. The van der Waals surface area contributed by atoms with Crippen molar-refractivity contribution in [3.05, 3.63) is 12.2 Å². The van der Waals surface area contributed by atoms with Crippen LogP contribution in [0.4, 0.5) is 0 Å². The van der Waals surface area contributed by atoms with Crippen LogP contribution in [0, 0.1) is 11.8 Å². The number of hydrogen-bond acceptors (Lipinski definition) is 4. The van der Waals surface area contributed by atoms with Crippen LogP contribution in [0.25, 0.3) is 0 Å². The van der Waals surface area contributed by atoms with Crippen molar-refractivity contribution in [1.82, 2.24) is 9.80 Å². The van der Waals surface area contributed by atoms with Crippen LogP contribution in [0.3, 0.4) is 0 Å². The second kappa shape index (κ2) is 10.4. The Morgan fingerprint density at radius 3 is 2.00 bits per heavy atom. The largest absolute Gasteiger partial charge is 0.478 e. The van der Waals surface area contributed by atoms with Gasteiger partial charge in [0.2, 0.25) is 5.91 Å². The Morgan fingerprint density at radius 1 is 0.957 bits per heavy atom. The van der Waals surface area contributed by atoms with Crippen LogP contribution in [0.15, 0.2) is 12.2 Å². The molecule has 126 valence electrons. The molecule has 0 aromatic carbocycles. The number of carboxylic acid groups (broad SMARTS) is 2. The monoisotopic (exact) mass is 322 g/mol. The van der Waals surface area contributed by atoms with Gasteiger partial charge in [-0.1, -0.05) is 11.8 Å². The Kier molecular flexibility index (Phi) is 8.47. The van der Waals surface area contributed by atoms with Gasteiger partial charge in [0.25, 0.3) is 0 Å². The van der Waals surface area contributed by atoms with Crippen LogP contribution in [0.1, 0.15) is 25.7 Å². The molecule has 0 unspecified atom stereocenters. The molecule has 23 heavy (non-hydrogen) atoms. The van der Waals surface area contributed by atoms with E-state index in [-0.39, 0.29) is 5.91 Å². The fraction of sp³-hybridized carbons (Fsp3) is 0.562. The standard InChI is InChI=1S/C12H18N2O.C4H4O4/c15-12-6-5-11-14(12)10-4-3-9-13-7-1-2-8-13;5-3(6)1-2-4(7)8/h1-2,5-11H2;1-2H,(H,5,6)(H,7,8). The molecule has 0 spiro atoms. The molecule has 0 aromatic rings. The number of aliphatic carboxylic acids is 2. The first-order chi connectivity index (χ1) is 11.0. The lowest BCUT2D eigenvalue weighted by Gasteiger charge is -2.11. The molecular formula is C16H22N2O5. The van der Waals surface area contributed by atoms with Crippen LogP contribution in [0.2, 0.25) is 0 Å². The van der Waals surface area contributed by atoms with Crippen LogP contribution in [-0.4, -0.2) is 70.6 Å². The molecule has 7 heteroatoms. The molecule has 2 aliphatic rings. The molecule has 2 aliphatic heterocycles. The van der Waals surface area contributed by atoms with Gasteiger partial charge in [-0.25, -0.2) is 9.59 Å². The highest BCUT2D eigenvalue weighted by atomic mass is 16.4. The summed E-state index contributed by atoms with van der Waals surface area (Å²) in [6, 6.07) is 0. The van der Waals surface area contributed by atoms with Crippen LogP contribution in [0.5, 0.6) is 0 Å². The molecule has 2 rings (SSSR count). The predicted octanol–water partition coefficient (Wildman–Crippen LogP) is 0.420. The van der Waals surface area contributed by atoms with Crippen molar-refractivity contribution in [3.8, 4) is 11.8 Å². The summed E-state index contributed by atoms with van der Waals surface area (Å²) < 4.78 is 0. The lowest BCUT2D eigenvalue weighted by atomic mass is 10.4. The van der Waals surface area contributed by atoms with E-state index in [2.05, 4.69) is 16.7 Å². The van der Waals surface area contributed by atoms with Crippen LogP contribution >= 0.6 is 0 Å². The average Bonchev–Trinajstić information content (AvgIpc) is 3.14. The third-order valence-electron chi connectivity index (χ3n) is 3.44. The SMILES string of the molecule is O=C(O)C=CC(=O)O.O=C1CCCN1CC#CCN1CCCC1. The van der Waals surface area contributed by atoms with Gasteiger partial charge in [-0.15, -0.1) is 0 Å². The Bertz CT molecular complexity index is 496. The number of likely N-dealkylation sites (tertiary alicyclic amines) is 2. The van der Waals surface area contributed by atoms with E-state index in [1.807, 2.05) is 4.90 Å². The van der Waals surface area contributed by atoms with Gasteiger partial charge in [-0.05, 0) is 32.4 Å². The van der Waals surface area contributed by atoms with Crippen LogP contribution < -0.4 is 0 Å². The quantitative estimate of drug-likeness (QED) is 0.575. The first-order valence-corrected chi connectivity index (χ1v) is 7.59. The maximum atomic E-state index is 11.3. The van der Waals surface area contributed by atoms with E-state index in [1.54, 1.807) is 0 Å². The lowest BCUT2D eigenvalue weighted by Crippen LogP contribution is -2.25. The first kappa shape index (κ1) is 18.7. The van der Waals surface area contributed by atoms with E-state index in [0.29, 0.717) is 25.1 Å². The Hall–Kier alpha value is -2.33. The average molecular weight is 322 g/mol. The minimum absolute atomic E-state index is 0.269. The molecule has 0 aliphatic carbocycles. The summed E-state index contributed by atoms with van der Waals surface area (Å²) in [5, 5.41) is 15.6. The maximum Gasteiger partial charge on any atom is 0.328 e. The Labute approximate surface area is 135 Å². The molecular weight excluding hydrogens is 300 g/mol. The Balaban J connectivity index is 0.000000284. The molecule has 2 saturated heterocycles. The van der Waals surface area contributed by atoms with Crippen molar-refractivity contribution < 1.29 is 24.6 Å². The smallest absolute Gasteiger partial charge is 0.328 e. The summed E-state index contributed by atoms with van der Waals surface area (Å²) in [5.74, 6) is 4.01. The summed E-state index contributed by atoms with van der Waals surface area (Å²) >= 11 is 0. The minimum Gasteiger partial charge on any atom is -0.478 e. The van der Waals surface area contributed by atoms with Crippen molar-refractivity contribution in [2.75, 3.05) is 32.7 Å². The second-order valence-electron chi connectivity index (χ2n) is 5.27. The van der Waals surface area contributed by atoms with Gasteiger partial charge in [0.05, 0.1) is 13.1 Å². The van der Waals surface area contributed by atoms with Gasteiger partial charge in [-0.2, -0.15) is 0 Å². The number of rotatable bonds is 4. The highest BCUT2D eigenvalue weighted by Gasteiger charge is 2.18. The van der Waals surface area contributed by atoms with Crippen molar-refractivity contribution in [2.24, 2.45) is 0 Å². The second-order valence-corrected chi connectivity index (χ2v) is 5.27. The fourth-order valence-electron chi connectivity index (χ4n) is 2.27. The predicted molar refractivity (Wildman–Crippen MR) is 83.7 cm³/mol. The van der Waals surface area contributed by atoms with E-state index < -0.39 is 11.9 Å². The number of amides is 1. The zero-order chi connectivity index (χ0) is 17.1. The normalized spacial score (nSPS) is 17.6. The van der Waals surface area contributed by atoms with E-state index in [1.165, 1.54) is 25.9 Å². The maximum absolute atomic E-state index is 11.3. The van der Waals surface area contributed by atoms with E-state index in [4.69, 9.17) is 10.2 Å². The van der Waals surface area contributed by atoms with Gasteiger partial charge in [0.15, 0.2) is 0 Å². The van der Waals surface area contributed by atoms with Crippen LogP contribution in [-0.2, 0) is 14.4 Å². The molecule has 0 bridgehead atoms. The zero-order valence-corrected chi connectivity index (χ0v) is 13.0. The first-order valence-electron chi connectivity index (χ1n) is 7.59. The number of carboxylic acids is 2. The molecule has 0 atom stereocenters. The fourth-order valence-corrected chi connectivity index (χ4v) is 2.27. The molecule has 0 radical (unpaired) electrons. The number of nitrogens with zero attached hydrogens (tertiary/aromatic N) is 2. The molecule has 0 saturated carbocycles. The molecule has 2 heterocycles. The van der Waals surface area contributed by atoms with Gasteiger partial charge in [0.1, 0.15) is 0 Å². The number of carbonyl (C=O) groups is 3. The molecule has 7 nitrogen and oxygen atoms in total. The number of carbonyl (C=O) groups excluding carboxylic acids is 1. The summed E-state index contributed by atoms with van der Waals surface area (Å²) in [5.41, 5.74) is 0. The van der Waals surface area contributed by atoms with Gasteiger partial charge in [0, 0.05) is 25.1 Å². The van der Waals surface area contributed by atoms with Gasteiger partial charge in [-0.3, -0.25) is 9.69 Å². The minimum atomic E-state index is -1.26. The van der Waals surface area contributed by atoms with Gasteiger partial charge >= 0.3 is 11.9 Å². The summed E-state index contributed by atoms with van der Waals surface area (Å²) in [6.07, 6.45) is 5.46. The topological polar surface area (TPSA) is 98.1 Å². The molecule has 0 aromatic heterocycles. The number of hydrogen-bond donors (Lipinski definition) is 2. The lowest BCUT2D eigenvalue weighted by molar-refractivity contribution is -0.134. The molecule has 1 amide bonds. The molecule has 2 fully saturated rings.